The van der Waals surface area contributed by atoms with Crippen molar-refractivity contribution in [2.75, 3.05) is 32.1 Å². The van der Waals surface area contributed by atoms with Gasteiger partial charge in [0.15, 0.2) is 0 Å². The van der Waals surface area contributed by atoms with E-state index in [4.69, 9.17) is 4.74 Å². The summed E-state index contributed by atoms with van der Waals surface area (Å²) in [5, 5.41) is 3.05. The number of nitrogens with one attached hydrogen (secondary N) is 1. The molecule has 1 amide bonds. The number of ether oxygens (including phenoxy) is 1. The minimum absolute atomic E-state index is 0.0709. The Bertz CT molecular complexity index is 808. The van der Waals surface area contributed by atoms with Gasteiger partial charge in [-0.1, -0.05) is 6.07 Å². The highest BCUT2D eigenvalue weighted by Crippen LogP contribution is 2.27. The molecule has 0 bridgehead atoms. The van der Waals surface area contributed by atoms with E-state index in [1.807, 2.05) is 18.0 Å². The molecule has 1 fully saturated rings. The minimum atomic E-state index is -0.263. The van der Waals surface area contributed by atoms with Gasteiger partial charge in [-0.25, -0.2) is 4.98 Å². The predicted octanol–water partition coefficient (Wildman–Crippen LogP) is 2.61. The molecular weight excluding hydrogens is 328 g/mol. The molecule has 2 aliphatic rings. The van der Waals surface area contributed by atoms with Crippen molar-refractivity contribution in [2.45, 2.75) is 31.8 Å². The molecule has 2 aromatic rings. The molecule has 0 unspecified atom stereocenters. The molecule has 1 aliphatic carbocycles. The lowest BCUT2D eigenvalue weighted by Gasteiger charge is -2.33. The predicted molar refractivity (Wildman–Crippen MR) is 99.3 cm³/mol. The van der Waals surface area contributed by atoms with Gasteiger partial charge in [-0.2, -0.15) is 0 Å². The van der Waals surface area contributed by atoms with E-state index in [0.717, 1.165) is 24.1 Å². The van der Waals surface area contributed by atoms with Crippen molar-refractivity contribution < 1.29 is 9.53 Å². The normalized spacial score (nSPS) is 19.7. The Morgan fingerprint density at radius 3 is 2.85 bits per heavy atom. The number of hydrogen-bond donors (Lipinski definition) is 1. The second-order valence-electron chi connectivity index (χ2n) is 6.84. The summed E-state index contributed by atoms with van der Waals surface area (Å²) in [6.45, 7) is 1.59. The van der Waals surface area contributed by atoms with E-state index < -0.39 is 0 Å². The molecule has 1 N–H and O–H groups in total. The molecule has 4 rings (SSSR count). The fraction of sp³-hybridized carbons (Fsp3) is 0.450. The number of carbonyl (C=O) groups excluding carboxylic acids is 1. The molecule has 26 heavy (non-hydrogen) atoms. The van der Waals surface area contributed by atoms with Crippen LogP contribution in [0.25, 0.3) is 0 Å². The van der Waals surface area contributed by atoms with E-state index in [1.165, 1.54) is 24.0 Å². The van der Waals surface area contributed by atoms with Crippen LogP contribution in [0.15, 0.2) is 30.6 Å². The van der Waals surface area contributed by atoms with Crippen molar-refractivity contribution in [2.24, 2.45) is 0 Å². The maximum atomic E-state index is 13.0. The third-order valence-corrected chi connectivity index (χ3v) is 5.22. The van der Waals surface area contributed by atoms with Gasteiger partial charge in [0.25, 0.3) is 5.91 Å². The van der Waals surface area contributed by atoms with Crippen molar-refractivity contribution in [1.82, 2.24) is 14.9 Å². The van der Waals surface area contributed by atoms with Crippen LogP contribution in [-0.4, -0.2) is 47.5 Å². The second-order valence-corrected chi connectivity index (χ2v) is 6.84. The summed E-state index contributed by atoms with van der Waals surface area (Å²) in [6.07, 6.45) is 7.71. The van der Waals surface area contributed by atoms with Gasteiger partial charge in [0.05, 0.1) is 13.2 Å². The van der Waals surface area contributed by atoms with Gasteiger partial charge < -0.3 is 15.0 Å². The van der Waals surface area contributed by atoms with Crippen LogP contribution in [-0.2, 0) is 17.6 Å². The molecule has 0 spiro atoms. The van der Waals surface area contributed by atoms with Crippen LogP contribution >= 0.6 is 0 Å². The monoisotopic (exact) mass is 352 g/mol. The summed E-state index contributed by atoms with van der Waals surface area (Å²) in [6, 6.07) is 6.18. The number of aromatic nitrogens is 2. The van der Waals surface area contributed by atoms with Gasteiger partial charge in [0.1, 0.15) is 17.6 Å². The maximum absolute atomic E-state index is 13.0. The van der Waals surface area contributed by atoms with Crippen LogP contribution in [0.5, 0.6) is 0 Å². The first kappa shape index (κ1) is 17.0. The van der Waals surface area contributed by atoms with E-state index >= 15 is 0 Å². The molecule has 0 radical (unpaired) electrons. The average Bonchev–Trinajstić information content (AvgIpc) is 2.73. The van der Waals surface area contributed by atoms with Crippen LogP contribution in [0.3, 0.4) is 0 Å². The van der Waals surface area contributed by atoms with Gasteiger partial charge >= 0.3 is 0 Å². The van der Waals surface area contributed by atoms with Gasteiger partial charge in [-0.15, -0.1) is 0 Å². The third kappa shape index (κ3) is 3.29. The number of rotatable bonds is 3. The molecule has 1 aromatic carbocycles. The quantitative estimate of drug-likeness (QED) is 0.920. The average molecular weight is 352 g/mol. The summed E-state index contributed by atoms with van der Waals surface area (Å²) >= 11 is 0. The zero-order valence-electron chi connectivity index (χ0n) is 15.1. The topological polar surface area (TPSA) is 67.4 Å². The molecule has 1 aromatic heterocycles. The number of carbonyl (C=O) groups is 1. The molecule has 1 aliphatic heterocycles. The Hall–Kier alpha value is -2.47. The number of amides is 1. The molecule has 6 nitrogen and oxygen atoms in total. The van der Waals surface area contributed by atoms with Gasteiger partial charge in [-0.05, 0) is 48.9 Å². The fourth-order valence-corrected chi connectivity index (χ4v) is 3.83. The number of morpholine rings is 1. The third-order valence-electron chi connectivity index (χ3n) is 5.22. The fourth-order valence-electron chi connectivity index (χ4n) is 3.83. The zero-order chi connectivity index (χ0) is 17.9. The van der Waals surface area contributed by atoms with Gasteiger partial charge in [0.2, 0.25) is 0 Å². The minimum Gasteiger partial charge on any atom is -0.372 e. The van der Waals surface area contributed by atoms with E-state index in [2.05, 4.69) is 27.4 Å². The number of benzene rings is 1. The molecule has 6 heteroatoms. The summed E-state index contributed by atoms with van der Waals surface area (Å²) in [5.41, 5.74) is 4.25. The van der Waals surface area contributed by atoms with Crippen LogP contribution in [0, 0.1) is 0 Å². The van der Waals surface area contributed by atoms with Crippen molar-refractivity contribution in [3.63, 3.8) is 0 Å². The van der Waals surface area contributed by atoms with Crippen LogP contribution in [0.4, 0.5) is 5.82 Å². The Balaban J connectivity index is 1.53. The number of hydrogen-bond acceptors (Lipinski definition) is 5. The number of nitrogens with zero attached hydrogens (tertiary/aromatic N) is 3. The lowest BCUT2D eigenvalue weighted by Crippen LogP contribution is -2.42. The highest BCUT2D eigenvalue weighted by Gasteiger charge is 2.29. The summed E-state index contributed by atoms with van der Waals surface area (Å²) in [5.74, 6) is 0.766. The zero-order valence-corrected chi connectivity index (χ0v) is 15.1. The van der Waals surface area contributed by atoms with Crippen LogP contribution in [0.2, 0.25) is 0 Å². The summed E-state index contributed by atoms with van der Waals surface area (Å²) < 4.78 is 5.88. The van der Waals surface area contributed by atoms with Crippen molar-refractivity contribution in [1.29, 1.82) is 0 Å². The summed E-state index contributed by atoms with van der Waals surface area (Å²) in [4.78, 5) is 23.6. The molecule has 136 valence electrons. The maximum Gasteiger partial charge on any atom is 0.254 e. The Morgan fingerprint density at radius 1 is 1.19 bits per heavy atom. The van der Waals surface area contributed by atoms with E-state index in [-0.39, 0.29) is 12.0 Å². The number of fused-ring (bicyclic) bond motifs is 1. The first-order valence-electron chi connectivity index (χ1n) is 9.27. The van der Waals surface area contributed by atoms with Gasteiger partial charge in [-0.3, -0.25) is 9.78 Å². The van der Waals surface area contributed by atoms with Crippen molar-refractivity contribution in [3.05, 3.63) is 53.0 Å². The summed E-state index contributed by atoms with van der Waals surface area (Å²) in [7, 11) is 1.81. The highest BCUT2D eigenvalue weighted by molar-refractivity contribution is 5.94. The second kappa shape index (κ2) is 7.41. The molecule has 1 atom stereocenters. The largest absolute Gasteiger partial charge is 0.372 e. The first-order valence-corrected chi connectivity index (χ1v) is 9.27. The Kier molecular flexibility index (Phi) is 4.84. The lowest BCUT2D eigenvalue weighted by atomic mass is 9.90. The molecule has 0 saturated carbocycles. The smallest absolute Gasteiger partial charge is 0.254 e. The SMILES string of the molecule is CNc1nccnc1[C@H]1CN(C(=O)c2ccc3c(c2)CCCC3)CCO1. The van der Waals surface area contributed by atoms with Crippen LogP contribution in [0.1, 0.15) is 46.1 Å². The standard InChI is InChI=1S/C20H24N4O2/c1-21-19-18(22-8-9-23-19)17-13-24(10-11-26-17)20(25)16-7-6-14-4-2-3-5-15(14)12-16/h6-9,12,17H,2-5,10-11,13H2,1H3,(H,21,23)/t17-/m1/s1. The Morgan fingerprint density at radius 2 is 2.00 bits per heavy atom. The van der Waals surface area contributed by atoms with E-state index in [0.29, 0.717) is 25.5 Å². The number of aryl methyl sites for hydroxylation is 2. The molecular formula is C20H24N4O2. The lowest BCUT2D eigenvalue weighted by molar-refractivity contribution is -0.0245. The molecule has 2 heterocycles. The van der Waals surface area contributed by atoms with E-state index in [9.17, 15) is 4.79 Å². The number of anilines is 1. The van der Waals surface area contributed by atoms with Crippen molar-refractivity contribution in [3.8, 4) is 0 Å². The highest BCUT2D eigenvalue weighted by atomic mass is 16.5. The van der Waals surface area contributed by atoms with E-state index in [1.54, 1.807) is 12.4 Å². The Labute approximate surface area is 153 Å². The van der Waals surface area contributed by atoms with Crippen molar-refractivity contribution >= 4 is 11.7 Å². The first-order chi connectivity index (χ1) is 12.8. The van der Waals surface area contributed by atoms with Gasteiger partial charge in [0, 0.05) is 31.5 Å². The molecule has 1 saturated heterocycles. The van der Waals surface area contributed by atoms with Crippen LogP contribution < -0.4 is 5.32 Å².